The number of likely N-dealkylation sites (N-methyl/N-ethyl adjacent to an activating group) is 1. The second-order valence-corrected chi connectivity index (χ2v) is 6.88. The molecule has 3 rings (SSSR count). The zero-order chi connectivity index (χ0) is 14.8. The molecule has 0 saturated carbocycles. The van der Waals surface area contributed by atoms with E-state index in [0.29, 0.717) is 23.0 Å². The minimum atomic E-state index is -0.169. The van der Waals surface area contributed by atoms with Crippen LogP contribution in [0.25, 0.3) is 0 Å². The van der Waals surface area contributed by atoms with E-state index in [1.165, 1.54) is 24.2 Å². The number of carbonyl (C=O) groups is 2. The lowest BCUT2D eigenvalue weighted by Gasteiger charge is -2.35. The van der Waals surface area contributed by atoms with Crippen molar-refractivity contribution in [3.63, 3.8) is 0 Å². The smallest absolute Gasteiger partial charge is 0.261 e. The number of fused-ring (bicyclic) bond motifs is 2. The summed E-state index contributed by atoms with van der Waals surface area (Å²) in [6, 6.07) is 5.01. The second kappa shape index (κ2) is 7.44. The Balaban J connectivity index is 0.00000176. The van der Waals surface area contributed by atoms with Gasteiger partial charge in [-0.2, -0.15) is 0 Å². The summed E-state index contributed by atoms with van der Waals surface area (Å²) in [6.07, 6.45) is 4.49. The molecule has 1 aromatic rings. The van der Waals surface area contributed by atoms with Gasteiger partial charge in [-0.3, -0.25) is 9.59 Å². The monoisotopic (exact) mass is 343 g/mol. The van der Waals surface area contributed by atoms with Gasteiger partial charge in [-0.1, -0.05) is 6.07 Å². The quantitative estimate of drug-likeness (QED) is 0.873. The van der Waals surface area contributed by atoms with E-state index in [0.717, 1.165) is 12.8 Å². The predicted molar refractivity (Wildman–Crippen MR) is 89.6 cm³/mol. The van der Waals surface area contributed by atoms with Crippen LogP contribution in [-0.4, -0.2) is 48.4 Å². The highest BCUT2D eigenvalue weighted by atomic mass is 35.5. The fourth-order valence-electron chi connectivity index (χ4n) is 3.32. The third-order valence-corrected chi connectivity index (χ3v) is 5.40. The van der Waals surface area contributed by atoms with Crippen molar-refractivity contribution >= 4 is 35.6 Å². The molecular weight excluding hydrogens is 322 g/mol. The number of rotatable bonds is 4. The standard InChI is InChI=1S/C15H21N3O2S.ClH/c1-18(12-7-10-4-5-11(8-12)17-10)14(19)9-16-15(20)13-3-2-6-21-13;/h2-3,6,10-12,17H,4-5,7-9H2,1H3,(H,16,20);1H. The van der Waals surface area contributed by atoms with Crippen LogP contribution in [0.1, 0.15) is 35.4 Å². The lowest BCUT2D eigenvalue weighted by atomic mass is 9.98. The van der Waals surface area contributed by atoms with Crippen molar-refractivity contribution in [2.24, 2.45) is 0 Å². The van der Waals surface area contributed by atoms with E-state index in [2.05, 4.69) is 10.6 Å². The zero-order valence-electron chi connectivity index (χ0n) is 12.6. The maximum atomic E-state index is 12.2. The Morgan fingerprint density at radius 2 is 2.05 bits per heavy atom. The summed E-state index contributed by atoms with van der Waals surface area (Å²) in [5.41, 5.74) is 0. The van der Waals surface area contributed by atoms with Crippen molar-refractivity contribution in [2.45, 2.75) is 43.8 Å². The molecular formula is C15H22ClN3O2S. The van der Waals surface area contributed by atoms with Crippen molar-refractivity contribution in [2.75, 3.05) is 13.6 Å². The largest absolute Gasteiger partial charge is 0.342 e. The number of nitrogens with zero attached hydrogens (tertiary/aromatic N) is 1. The molecule has 5 nitrogen and oxygen atoms in total. The van der Waals surface area contributed by atoms with E-state index in [1.54, 1.807) is 6.07 Å². The zero-order valence-corrected chi connectivity index (χ0v) is 14.2. The molecule has 2 fully saturated rings. The van der Waals surface area contributed by atoms with Gasteiger partial charge in [0.15, 0.2) is 0 Å². The van der Waals surface area contributed by atoms with E-state index in [9.17, 15) is 9.59 Å². The first-order valence-corrected chi connectivity index (χ1v) is 8.35. The van der Waals surface area contributed by atoms with E-state index in [4.69, 9.17) is 0 Å². The molecule has 7 heteroatoms. The Bertz CT molecular complexity index is 511. The number of nitrogens with one attached hydrogen (secondary N) is 2. The van der Waals surface area contributed by atoms with Gasteiger partial charge in [-0.25, -0.2) is 0 Å². The number of amides is 2. The average molecular weight is 344 g/mol. The van der Waals surface area contributed by atoms with Crippen LogP contribution in [0.2, 0.25) is 0 Å². The summed E-state index contributed by atoms with van der Waals surface area (Å²) in [6.45, 7) is 0.0759. The summed E-state index contributed by atoms with van der Waals surface area (Å²) in [4.78, 5) is 26.6. The van der Waals surface area contributed by atoms with Crippen LogP contribution >= 0.6 is 23.7 Å². The van der Waals surface area contributed by atoms with E-state index < -0.39 is 0 Å². The molecule has 1 aromatic heterocycles. The molecule has 3 heterocycles. The highest BCUT2D eigenvalue weighted by Crippen LogP contribution is 2.29. The van der Waals surface area contributed by atoms with Crippen molar-refractivity contribution in [3.05, 3.63) is 22.4 Å². The van der Waals surface area contributed by atoms with Gasteiger partial charge in [0.25, 0.3) is 5.91 Å². The number of thiophene rings is 1. The molecule has 22 heavy (non-hydrogen) atoms. The summed E-state index contributed by atoms with van der Waals surface area (Å²) in [5.74, 6) is -0.177. The van der Waals surface area contributed by atoms with Gasteiger partial charge in [0.1, 0.15) is 0 Å². The molecule has 0 aliphatic carbocycles. The minimum Gasteiger partial charge on any atom is -0.342 e. The maximum Gasteiger partial charge on any atom is 0.261 e. The number of carbonyl (C=O) groups excluding carboxylic acids is 2. The van der Waals surface area contributed by atoms with E-state index >= 15 is 0 Å². The van der Waals surface area contributed by atoms with Crippen LogP contribution in [0.4, 0.5) is 0 Å². The van der Waals surface area contributed by atoms with Crippen molar-refractivity contribution in [1.82, 2.24) is 15.5 Å². The average Bonchev–Trinajstić information content (AvgIpc) is 3.13. The molecule has 0 spiro atoms. The first-order chi connectivity index (χ1) is 10.1. The molecule has 122 valence electrons. The fraction of sp³-hybridized carbons (Fsp3) is 0.600. The van der Waals surface area contributed by atoms with Gasteiger partial charge >= 0.3 is 0 Å². The number of halogens is 1. The molecule has 0 aromatic carbocycles. The van der Waals surface area contributed by atoms with Crippen LogP contribution in [0.15, 0.2) is 17.5 Å². The maximum absolute atomic E-state index is 12.2. The number of hydrogen-bond donors (Lipinski definition) is 2. The van der Waals surface area contributed by atoms with Gasteiger partial charge in [0, 0.05) is 25.2 Å². The molecule has 2 aliphatic rings. The first kappa shape index (κ1) is 17.2. The molecule has 2 bridgehead atoms. The molecule has 2 atom stereocenters. The van der Waals surface area contributed by atoms with Gasteiger partial charge in [0.05, 0.1) is 11.4 Å². The summed E-state index contributed by atoms with van der Waals surface area (Å²) >= 11 is 1.38. The first-order valence-electron chi connectivity index (χ1n) is 7.47. The second-order valence-electron chi connectivity index (χ2n) is 5.93. The SMILES string of the molecule is CN(C(=O)CNC(=O)c1cccs1)C1CC2CCC(C1)N2.Cl. The van der Waals surface area contributed by atoms with Crippen LogP contribution in [0, 0.1) is 0 Å². The fourth-order valence-corrected chi connectivity index (χ4v) is 3.96. The van der Waals surface area contributed by atoms with Crippen LogP contribution in [0.5, 0.6) is 0 Å². The number of piperidine rings is 1. The van der Waals surface area contributed by atoms with Gasteiger partial charge in [0.2, 0.25) is 5.91 Å². The topological polar surface area (TPSA) is 61.4 Å². The van der Waals surface area contributed by atoms with Crippen molar-refractivity contribution in [3.8, 4) is 0 Å². The van der Waals surface area contributed by atoms with Gasteiger partial charge < -0.3 is 15.5 Å². The Morgan fingerprint density at radius 1 is 1.36 bits per heavy atom. The van der Waals surface area contributed by atoms with Crippen molar-refractivity contribution < 1.29 is 9.59 Å². The summed E-state index contributed by atoms with van der Waals surface area (Å²) < 4.78 is 0. The highest BCUT2D eigenvalue weighted by Gasteiger charge is 2.36. The van der Waals surface area contributed by atoms with Crippen LogP contribution in [0.3, 0.4) is 0 Å². The minimum absolute atomic E-state index is 0. The third kappa shape index (κ3) is 3.80. The summed E-state index contributed by atoms with van der Waals surface area (Å²) in [5, 5.41) is 8.14. The van der Waals surface area contributed by atoms with Gasteiger partial charge in [-0.05, 0) is 37.1 Å². The molecule has 2 unspecified atom stereocenters. The lowest BCUT2D eigenvalue weighted by Crippen LogP contribution is -2.50. The van der Waals surface area contributed by atoms with Crippen LogP contribution in [-0.2, 0) is 4.79 Å². The predicted octanol–water partition coefficient (Wildman–Crippen LogP) is 1.64. The molecule has 2 amide bonds. The summed E-state index contributed by atoms with van der Waals surface area (Å²) in [7, 11) is 1.86. The Labute approximate surface area is 140 Å². The molecule has 2 N–H and O–H groups in total. The van der Waals surface area contributed by atoms with Crippen molar-refractivity contribution in [1.29, 1.82) is 0 Å². The lowest BCUT2D eigenvalue weighted by molar-refractivity contribution is -0.131. The Hall–Kier alpha value is -1.11. The van der Waals surface area contributed by atoms with Crippen LogP contribution < -0.4 is 10.6 Å². The van der Waals surface area contributed by atoms with Gasteiger partial charge in [-0.15, -0.1) is 23.7 Å². The normalized spacial score (nSPS) is 26.1. The Kier molecular flexibility index (Phi) is 5.83. The van der Waals surface area contributed by atoms with E-state index in [1.807, 2.05) is 23.4 Å². The molecule has 2 saturated heterocycles. The molecule has 0 radical (unpaired) electrons. The number of hydrogen-bond acceptors (Lipinski definition) is 4. The third-order valence-electron chi connectivity index (χ3n) is 4.53. The highest BCUT2D eigenvalue weighted by molar-refractivity contribution is 7.12. The molecule has 2 aliphatic heterocycles. The Morgan fingerprint density at radius 3 is 2.64 bits per heavy atom. The van der Waals surface area contributed by atoms with E-state index in [-0.39, 0.29) is 30.8 Å².